The van der Waals surface area contributed by atoms with Crippen molar-refractivity contribution >= 4 is 11.8 Å². The first-order valence-corrected chi connectivity index (χ1v) is 9.66. The van der Waals surface area contributed by atoms with Crippen LogP contribution in [-0.2, 0) is 11.0 Å². The van der Waals surface area contributed by atoms with Crippen LogP contribution in [0.1, 0.15) is 30.0 Å². The number of amides is 2. The first-order chi connectivity index (χ1) is 14.6. The van der Waals surface area contributed by atoms with Crippen LogP contribution in [0, 0.1) is 5.82 Å². The van der Waals surface area contributed by atoms with Gasteiger partial charge in [-0.1, -0.05) is 11.3 Å². The minimum atomic E-state index is -4.93. The van der Waals surface area contributed by atoms with Crippen LogP contribution in [0.5, 0.6) is 0 Å². The molecule has 168 valence electrons. The van der Waals surface area contributed by atoms with Crippen LogP contribution in [0.15, 0.2) is 24.3 Å². The second-order valence-electron chi connectivity index (χ2n) is 7.47. The Morgan fingerprint density at radius 2 is 1.84 bits per heavy atom. The summed E-state index contributed by atoms with van der Waals surface area (Å²) < 4.78 is 55.1. The quantitative estimate of drug-likeness (QED) is 0.713. The second-order valence-corrected chi connectivity index (χ2v) is 7.47. The van der Waals surface area contributed by atoms with E-state index in [0.29, 0.717) is 17.8 Å². The lowest BCUT2D eigenvalue weighted by Crippen LogP contribution is -2.51. The van der Waals surface area contributed by atoms with E-state index in [0.717, 1.165) is 12.1 Å². The Balaban J connectivity index is 1.76. The Hall–Kier alpha value is -3.02. The van der Waals surface area contributed by atoms with Crippen molar-refractivity contribution in [2.24, 2.45) is 0 Å². The van der Waals surface area contributed by atoms with E-state index in [9.17, 15) is 27.2 Å². The molecule has 12 heteroatoms. The molecule has 1 aliphatic heterocycles. The van der Waals surface area contributed by atoms with E-state index in [1.807, 2.05) is 18.7 Å². The zero-order valence-corrected chi connectivity index (χ0v) is 17.0. The molecule has 8 nitrogen and oxygen atoms in total. The molecule has 31 heavy (non-hydrogen) atoms. The van der Waals surface area contributed by atoms with Crippen molar-refractivity contribution in [2.75, 3.05) is 32.7 Å². The van der Waals surface area contributed by atoms with Crippen LogP contribution in [-0.4, -0.2) is 75.4 Å². The van der Waals surface area contributed by atoms with E-state index in [1.165, 1.54) is 17.0 Å². The van der Waals surface area contributed by atoms with Gasteiger partial charge in [-0.3, -0.25) is 14.5 Å². The molecule has 1 N–H and O–H groups in total. The van der Waals surface area contributed by atoms with Gasteiger partial charge in [0.2, 0.25) is 5.91 Å². The third-order valence-corrected chi connectivity index (χ3v) is 4.67. The van der Waals surface area contributed by atoms with E-state index >= 15 is 0 Å². The molecule has 0 aliphatic carbocycles. The lowest BCUT2D eigenvalue weighted by Gasteiger charge is -2.34. The molecule has 1 aromatic carbocycles. The monoisotopic (exact) mass is 442 g/mol. The van der Waals surface area contributed by atoms with Gasteiger partial charge in [0, 0.05) is 32.2 Å². The van der Waals surface area contributed by atoms with Gasteiger partial charge in [0.25, 0.3) is 5.91 Å². The summed E-state index contributed by atoms with van der Waals surface area (Å²) in [7, 11) is 0. The number of hydrogen-bond donors (Lipinski definition) is 1. The van der Waals surface area contributed by atoms with Crippen LogP contribution in [0.25, 0.3) is 5.69 Å². The Morgan fingerprint density at radius 3 is 2.42 bits per heavy atom. The predicted octanol–water partition coefficient (Wildman–Crippen LogP) is 1.71. The van der Waals surface area contributed by atoms with E-state index in [4.69, 9.17) is 0 Å². The fourth-order valence-corrected chi connectivity index (χ4v) is 3.30. The summed E-state index contributed by atoms with van der Waals surface area (Å²) in [5, 5.41) is 9.69. The van der Waals surface area contributed by atoms with Gasteiger partial charge in [-0.25, -0.2) is 9.07 Å². The zero-order valence-electron chi connectivity index (χ0n) is 17.0. The van der Waals surface area contributed by atoms with Crippen LogP contribution in [0.4, 0.5) is 17.6 Å². The van der Waals surface area contributed by atoms with Crippen molar-refractivity contribution in [1.29, 1.82) is 0 Å². The number of benzene rings is 1. The molecule has 2 heterocycles. The smallest absolute Gasteiger partial charge is 0.353 e. The predicted molar refractivity (Wildman–Crippen MR) is 102 cm³/mol. The third-order valence-electron chi connectivity index (χ3n) is 4.67. The highest BCUT2D eigenvalue weighted by molar-refractivity contribution is 5.93. The third kappa shape index (κ3) is 5.37. The van der Waals surface area contributed by atoms with Gasteiger partial charge in [0.15, 0.2) is 11.4 Å². The maximum atomic E-state index is 13.7. The van der Waals surface area contributed by atoms with Crippen LogP contribution in [0.3, 0.4) is 0 Å². The standard InChI is InChI=1S/C19H22F4N6O2/c1-12(2)24-15(30)11-27-6-8-28(9-7-27)18(31)16-17(19(21,22)23)29(26-25-16)14-5-3-4-13(20)10-14/h3-5,10,12H,6-9,11H2,1-2H3,(H,24,30). The SMILES string of the molecule is CC(C)NC(=O)CN1CCN(C(=O)c2nnn(-c3cccc(F)c3)c2C(F)(F)F)CC1. The van der Waals surface area contributed by atoms with Crippen LogP contribution < -0.4 is 5.32 Å². The molecule has 0 bridgehead atoms. The van der Waals surface area contributed by atoms with Gasteiger partial charge in [0.1, 0.15) is 5.82 Å². The fourth-order valence-electron chi connectivity index (χ4n) is 3.30. The van der Waals surface area contributed by atoms with Crippen molar-refractivity contribution in [3.05, 3.63) is 41.5 Å². The molecular weight excluding hydrogens is 420 g/mol. The highest BCUT2D eigenvalue weighted by Gasteiger charge is 2.43. The highest BCUT2D eigenvalue weighted by atomic mass is 19.4. The number of carbonyl (C=O) groups excluding carboxylic acids is 2. The minimum absolute atomic E-state index is 0.00291. The lowest BCUT2D eigenvalue weighted by atomic mass is 10.2. The number of carbonyl (C=O) groups is 2. The fraction of sp³-hybridized carbons (Fsp3) is 0.474. The van der Waals surface area contributed by atoms with E-state index in [2.05, 4.69) is 15.6 Å². The summed E-state index contributed by atoms with van der Waals surface area (Å²) >= 11 is 0. The number of halogens is 4. The first-order valence-electron chi connectivity index (χ1n) is 9.66. The van der Waals surface area contributed by atoms with Crippen LogP contribution in [0.2, 0.25) is 0 Å². The average molecular weight is 442 g/mol. The molecule has 0 radical (unpaired) electrons. The minimum Gasteiger partial charge on any atom is -0.353 e. The molecule has 1 fully saturated rings. The number of nitrogens with one attached hydrogen (secondary N) is 1. The lowest BCUT2D eigenvalue weighted by molar-refractivity contribution is -0.143. The van der Waals surface area contributed by atoms with Gasteiger partial charge in [-0.15, -0.1) is 5.10 Å². The molecule has 0 spiro atoms. The summed E-state index contributed by atoms with van der Waals surface area (Å²) in [6, 6.07) is 4.43. The molecule has 3 rings (SSSR count). The maximum absolute atomic E-state index is 13.7. The molecule has 1 aliphatic rings. The van der Waals surface area contributed by atoms with Crippen molar-refractivity contribution in [3.8, 4) is 5.69 Å². The average Bonchev–Trinajstić information content (AvgIpc) is 3.13. The number of hydrogen-bond acceptors (Lipinski definition) is 5. The van der Waals surface area contributed by atoms with E-state index < -0.39 is 29.3 Å². The molecule has 2 aromatic rings. The summed E-state index contributed by atoms with van der Waals surface area (Å²) in [5.74, 6) is -1.82. The Morgan fingerprint density at radius 1 is 1.16 bits per heavy atom. The van der Waals surface area contributed by atoms with E-state index in [-0.39, 0.29) is 37.3 Å². The largest absolute Gasteiger partial charge is 0.435 e. The van der Waals surface area contributed by atoms with Gasteiger partial charge in [0.05, 0.1) is 12.2 Å². The summed E-state index contributed by atoms with van der Waals surface area (Å²) in [6.45, 7) is 4.75. The number of nitrogens with zero attached hydrogens (tertiary/aromatic N) is 5. The van der Waals surface area contributed by atoms with Gasteiger partial charge >= 0.3 is 6.18 Å². The van der Waals surface area contributed by atoms with Crippen molar-refractivity contribution in [1.82, 2.24) is 30.1 Å². The molecule has 1 saturated heterocycles. The zero-order chi connectivity index (χ0) is 22.8. The van der Waals surface area contributed by atoms with Crippen molar-refractivity contribution in [2.45, 2.75) is 26.1 Å². The van der Waals surface area contributed by atoms with Crippen molar-refractivity contribution in [3.63, 3.8) is 0 Å². The van der Waals surface area contributed by atoms with Gasteiger partial charge in [-0.2, -0.15) is 13.2 Å². The first kappa shape index (κ1) is 22.7. The van der Waals surface area contributed by atoms with Gasteiger partial charge < -0.3 is 10.2 Å². The van der Waals surface area contributed by atoms with E-state index in [1.54, 1.807) is 0 Å². The highest BCUT2D eigenvalue weighted by Crippen LogP contribution is 2.33. The number of aromatic nitrogens is 3. The molecule has 2 amide bonds. The van der Waals surface area contributed by atoms with Gasteiger partial charge in [-0.05, 0) is 32.0 Å². The maximum Gasteiger partial charge on any atom is 0.435 e. The topological polar surface area (TPSA) is 83.4 Å². The molecule has 1 aromatic heterocycles. The molecular formula is C19H22F4N6O2. The second kappa shape index (κ2) is 9.00. The molecule has 0 atom stereocenters. The normalized spacial score (nSPS) is 15.4. The Bertz CT molecular complexity index is 951. The Labute approximate surface area is 175 Å². The molecule has 0 unspecified atom stereocenters. The summed E-state index contributed by atoms with van der Waals surface area (Å²) in [6.07, 6.45) is -4.93. The summed E-state index contributed by atoms with van der Waals surface area (Å²) in [4.78, 5) is 27.7. The van der Waals surface area contributed by atoms with Crippen LogP contribution >= 0.6 is 0 Å². The molecule has 0 saturated carbocycles. The number of piperazine rings is 1. The van der Waals surface area contributed by atoms with Crippen molar-refractivity contribution < 1.29 is 27.2 Å². The Kier molecular flexibility index (Phi) is 6.58. The number of alkyl halides is 3. The number of rotatable bonds is 5. The summed E-state index contributed by atoms with van der Waals surface area (Å²) in [5.41, 5.74) is -2.40.